The van der Waals surface area contributed by atoms with Crippen LogP contribution >= 0.6 is 0 Å². The minimum absolute atomic E-state index is 0.577. The van der Waals surface area contributed by atoms with Crippen molar-refractivity contribution in [3.8, 4) is 0 Å². The number of rotatable bonds is 5. The molecule has 3 nitrogen and oxygen atoms in total. The van der Waals surface area contributed by atoms with E-state index < -0.39 is 6.09 Å². The van der Waals surface area contributed by atoms with Crippen LogP contribution in [0.2, 0.25) is 0 Å². The summed E-state index contributed by atoms with van der Waals surface area (Å²) in [5.74, 6) is 0. The third-order valence-electron chi connectivity index (χ3n) is 2.68. The number of aryl methyl sites for hydroxylation is 1. The highest BCUT2D eigenvalue weighted by molar-refractivity contribution is 5.64. The van der Waals surface area contributed by atoms with E-state index >= 15 is 0 Å². The lowest BCUT2D eigenvalue weighted by Gasteiger charge is -2.18. The maximum atomic E-state index is 10.9. The molecule has 0 aromatic heterocycles. The van der Waals surface area contributed by atoms with E-state index in [1.807, 2.05) is 19.1 Å². The van der Waals surface area contributed by atoms with Crippen LogP contribution in [0.4, 0.5) is 4.79 Å². The van der Waals surface area contributed by atoms with Crippen molar-refractivity contribution in [2.75, 3.05) is 13.1 Å². The van der Waals surface area contributed by atoms with Gasteiger partial charge < -0.3 is 10.0 Å². The SMILES string of the molecule is CCCN(CCc1ccccc1C)C(=O)O. The normalized spacial score (nSPS) is 10.1. The number of hydrogen-bond acceptors (Lipinski definition) is 1. The standard InChI is InChI=1S/C13H19NO2/c1-3-9-14(13(15)16)10-8-12-7-5-4-6-11(12)2/h4-7H,3,8-10H2,1-2H3,(H,15,16). The fourth-order valence-electron chi connectivity index (χ4n) is 1.72. The smallest absolute Gasteiger partial charge is 0.407 e. The van der Waals surface area contributed by atoms with Gasteiger partial charge in [0.1, 0.15) is 0 Å². The van der Waals surface area contributed by atoms with Gasteiger partial charge in [0.05, 0.1) is 0 Å². The van der Waals surface area contributed by atoms with E-state index in [0.717, 1.165) is 12.8 Å². The van der Waals surface area contributed by atoms with Crippen LogP contribution in [0.5, 0.6) is 0 Å². The van der Waals surface area contributed by atoms with Crippen LogP contribution in [0.25, 0.3) is 0 Å². The summed E-state index contributed by atoms with van der Waals surface area (Å²) in [6.45, 7) is 5.24. The second-order valence-electron chi connectivity index (χ2n) is 3.95. The highest BCUT2D eigenvalue weighted by Crippen LogP contribution is 2.08. The molecule has 0 aliphatic carbocycles. The van der Waals surface area contributed by atoms with Crippen molar-refractivity contribution in [2.24, 2.45) is 0 Å². The number of carboxylic acid groups (broad SMARTS) is 1. The minimum atomic E-state index is -0.824. The Balaban J connectivity index is 2.55. The summed E-state index contributed by atoms with van der Waals surface area (Å²) in [5, 5.41) is 8.98. The van der Waals surface area contributed by atoms with Crippen LogP contribution in [0.3, 0.4) is 0 Å². The predicted octanol–water partition coefficient (Wildman–Crippen LogP) is 2.93. The van der Waals surface area contributed by atoms with E-state index in [1.54, 1.807) is 0 Å². The number of carbonyl (C=O) groups is 1. The fourth-order valence-corrected chi connectivity index (χ4v) is 1.72. The van der Waals surface area contributed by atoms with Crippen LogP contribution in [0.1, 0.15) is 24.5 Å². The number of hydrogen-bond donors (Lipinski definition) is 1. The molecule has 0 saturated heterocycles. The molecule has 0 atom stereocenters. The Kier molecular flexibility index (Phi) is 4.83. The molecule has 0 unspecified atom stereocenters. The Labute approximate surface area is 96.7 Å². The third kappa shape index (κ3) is 3.57. The van der Waals surface area contributed by atoms with Gasteiger partial charge in [-0.1, -0.05) is 31.2 Å². The van der Waals surface area contributed by atoms with E-state index in [2.05, 4.69) is 19.1 Å². The average Bonchev–Trinajstić information content (AvgIpc) is 2.26. The van der Waals surface area contributed by atoms with Crippen molar-refractivity contribution in [3.63, 3.8) is 0 Å². The largest absolute Gasteiger partial charge is 0.465 e. The van der Waals surface area contributed by atoms with Crippen LogP contribution < -0.4 is 0 Å². The predicted molar refractivity (Wildman–Crippen MR) is 64.8 cm³/mol. The van der Waals surface area contributed by atoms with E-state index in [-0.39, 0.29) is 0 Å². The van der Waals surface area contributed by atoms with Gasteiger partial charge in [0.2, 0.25) is 0 Å². The first-order chi connectivity index (χ1) is 7.65. The molecule has 0 radical (unpaired) electrons. The number of benzene rings is 1. The van der Waals surface area contributed by atoms with Gasteiger partial charge in [-0.15, -0.1) is 0 Å². The van der Waals surface area contributed by atoms with Crippen LogP contribution in [-0.4, -0.2) is 29.2 Å². The first kappa shape index (κ1) is 12.6. The lowest BCUT2D eigenvalue weighted by Crippen LogP contribution is -2.32. The van der Waals surface area contributed by atoms with Gasteiger partial charge in [-0.05, 0) is 30.9 Å². The van der Waals surface area contributed by atoms with Crippen molar-refractivity contribution in [3.05, 3.63) is 35.4 Å². The maximum Gasteiger partial charge on any atom is 0.407 e. The zero-order valence-electron chi connectivity index (χ0n) is 9.94. The molecule has 0 fully saturated rings. The molecular weight excluding hydrogens is 202 g/mol. The molecule has 0 heterocycles. The van der Waals surface area contributed by atoms with E-state index in [1.165, 1.54) is 16.0 Å². The summed E-state index contributed by atoms with van der Waals surface area (Å²) in [7, 11) is 0. The van der Waals surface area contributed by atoms with E-state index in [4.69, 9.17) is 5.11 Å². The monoisotopic (exact) mass is 221 g/mol. The van der Waals surface area contributed by atoms with Crippen LogP contribution in [0, 0.1) is 6.92 Å². The van der Waals surface area contributed by atoms with Crippen molar-refractivity contribution in [2.45, 2.75) is 26.7 Å². The summed E-state index contributed by atoms with van der Waals surface area (Å²) in [6.07, 6.45) is 0.828. The zero-order chi connectivity index (χ0) is 12.0. The first-order valence-electron chi connectivity index (χ1n) is 5.67. The topological polar surface area (TPSA) is 40.5 Å². The van der Waals surface area contributed by atoms with Gasteiger partial charge in [-0.2, -0.15) is 0 Å². The van der Waals surface area contributed by atoms with Crippen LogP contribution in [0.15, 0.2) is 24.3 Å². The molecule has 1 amide bonds. The van der Waals surface area contributed by atoms with Crippen molar-refractivity contribution in [1.29, 1.82) is 0 Å². The zero-order valence-corrected chi connectivity index (χ0v) is 9.94. The summed E-state index contributed by atoms with van der Waals surface area (Å²) in [6, 6.07) is 8.11. The fraction of sp³-hybridized carbons (Fsp3) is 0.462. The summed E-state index contributed by atoms with van der Waals surface area (Å²) >= 11 is 0. The van der Waals surface area contributed by atoms with Crippen molar-refractivity contribution in [1.82, 2.24) is 4.90 Å². The molecular formula is C13H19NO2. The second kappa shape index (κ2) is 6.16. The van der Waals surface area contributed by atoms with E-state index in [9.17, 15) is 4.79 Å². The molecule has 0 bridgehead atoms. The quantitative estimate of drug-likeness (QED) is 0.830. The molecule has 3 heteroatoms. The van der Waals surface area contributed by atoms with E-state index in [0.29, 0.717) is 13.1 Å². The van der Waals surface area contributed by atoms with Crippen molar-refractivity contribution >= 4 is 6.09 Å². The van der Waals surface area contributed by atoms with Gasteiger partial charge in [-0.3, -0.25) is 0 Å². The number of nitrogens with zero attached hydrogens (tertiary/aromatic N) is 1. The van der Waals surface area contributed by atoms with Gasteiger partial charge >= 0.3 is 6.09 Å². The average molecular weight is 221 g/mol. The second-order valence-corrected chi connectivity index (χ2v) is 3.95. The number of amides is 1. The Hall–Kier alpha value is -1.51. The van der Waals surface area contributed by atoms with Crippen molar-refractivity contribution < 1.29 is 9.90 Å². The molecule has 1 aromatic carbocycles. The molecule has 0 aliphatic heterocycles. The summed E-state index contributed by atoms with van der Waals surface area (Å²) < 4.78 is 0. The Bertz CT molecular complexity index is 350. The summed E-state index contributed by atoms with van der Waals surface area (Å²) in [5.41, 5.74) is 2.45. The third-order valence-corrected chi connectivity index (χ3v) is 2.68. The molecule has 0 spiro atoms. The lowest BCUT2D eigenvalue weighted by atomic mass is 10.1. The Morgan fingerprint density at radius 1 is 1.31 bits per heavy atom. The molecule has 1 N–H and O–H groups in total. The minimum Gasteiger partial charge on any atom is -0.465 e. The first-order valence-corrected chi connectivity index (χ1v) is 5.67. The Morgan fingerprint density at radius 3 is 2.56 bits per heavy atom. The van der Waals surface area contributed by atoms with Gasteiger partial charge in [0.25, 0.3) is 0 Å². The Morgan fingerprint density at radius 2 is 2.00 bits per heavy atom. The highest BCUT2D eigenvalue weighted by atomic mass is 16.4. The summed E-state index contributed by atoms with van der Waals surface area (Å²) in [4.78, 5) is 12.4. The lowest BCUT2D eigenvalue weighted by molar-refractivity contribution is 0.145. The molecule has 0 aliphatic rings. The maximum absolute atomic E-state index is 10.9. The molecule has 1 rings (SSSR count). The molecule has 0 saturated carbocycles. The van der Waals surface area contributed by atoms with Gasteiger partial charge in [0.15, 0.2) is 0 Å². The van der Waals surface area contributed by atoms with Gasteiger partial charge in [-0.25, -0.2) is 4.79 Å². The van der Waals surface area contributed by atoms with Gasteiger partial charge in [0, 0.05) is 13.1 Å². The molecule has 88 valence electrons. The molecule has 1 aromatic rings. The van der Waals surface area contributed by atoms with Crippen LogP contribution in [-0.2, 0) is 6.42 Å². The highest BCUT2D eigenvalue weighted by Gasteiger charge is 2.10. The molecule has 16 heavy (non-hydrogen) atoms.